The van der Waals surface area contributed by atoms with Gasteiger partial charge in [-0.3, -0.25) is 4.79 Å². The second-order valence-electron chi connectivity index (χ2n) is 6.63. The van der Waals surface area contributed by atoms with E-state index < -0.39 is 23.5 Å². The number of carbonyl (C=O) groups is 1. The zero-order valence-corrected chi connectivity index (χ0v) is 13.0. The number of carbonyl (C=O) groups excluding carboxylic acids is 1. The van der Waals surface area contributed by atoms with Crippen molar-refractivity contribution in [2.75, 3.05) is 0 Å². The zero-order chi connectivity index (χ0) is 17.3. The van der Waals surface area contributed by atoms with E-state index in [-0.39, 0.29) is 36.6 Å². The summed E-state index contributed by atoms with van der Waals surface area (Å²) in [6.45, 7) is 0. The molecule has 1 atom stereocenters. The summed E-state index contributed by atoms with van der Waals surface area (Å²) in [4.78, 5) is 11.7. The van der Waals surface area contributed by atoms with E-state index in [0.717, 1.165) is 18.2 Å². The molecule has 0 radical (unpaired) electrons. The van der Waals surface area contributed by atoms with Crippen LogP contribution in [0.3, 0.4) is 0 Å². The van der Waals surface area contributed by atoms with Gasteiger partial charge in [-0.25, -0.2) is 17.6 Å². The number of amides is 1. The highest BCUT2D eigenvalue weighted by Gasteiger charge is 2.57. The second-order valence-corrected chi connectivity index (χ2v) is 6.63. The lowest BCUT2D eigenvalue weighted by Crippen LogP contribution is -2.40. The molecule has 0 bridgehead atoms. The van der Waals surface area contributed by atoms with Crippen LogP contribution in [0.1, 0.15) is 38.5 Å². The molecule has 3 rings (SSSR count). The van der Waals surface area contributed by atoms with Gasteiger partial charge in [-0.05, 0) is 25.7 Å². The largest absolute Gasteiger partial charge is 0.490 e. The normalized spacial score (nSPS) is 28.2. The Morgan fingerprint density at radius 2 is 1.71 bits per heavy atom. The van der Waals surface area contributed by atoms with Gasteiger partial charge in [0.25, 0.3) is 5.92 Å². The number of benzene rings is 1. The fourth-order valence-corrected chi connectivity index (χ4v) is 3.12. The summed E-state index contributed by atoms with van der Waals surface area (Å²) >= 11 is 0. The molecule has 1 N–H and O–H groups in total. The average Bonchev–Trinajstić information content (AvgIpc) is 3.06. The van der Waals surface area contributed by atoms with E-state index in [1.165, 1.54) is 0 Å². The van der Waals surface area contributed by atoms with Gasteiger partial charge in [-0.2, -0.15) is 0 Å². The van der Waals surface area contributed by atoms with E-state index in [1.807, 2.05) is 0 Å². The highest BCUT2D eigenvalue weighted by atomic mass is 19.3. The summed E-state index contributed by atoms with van der Waals surface area (Å²) in [5.74, 6) is -5.07. The van der Waals surface area contributed by atoms with Crippen LogP contribution in [0.2, 0.25) is 0 Å². The molecule has 3 nitrogen and oxygen atoms in total. The van der Waals surface area contributed by atoms with Gasteiger partial charge in [0.1, 0.15) is 17.4 Å². The Bertz CT molecular complexity index is 594. The maximum Gasteiger partial charge on any atom is 0.252 e. The van der Waals surface area contributed by atoms with E-state index >= 15 is 0 Å². The molecule has 2 saturated carbocycles. The number of hydrogen-bond donors (Lipinski definition) is 1. The number of alkyl halides is 2. The van der Waals surface area contributed by atoms with Gasteiger partial charge in [0.05, 0.1) is 6.10 Å². The van der Waals surface area contributed by atoms with Crippen molar-refractivity contribution in [3.05, 3.63) is 29.8 Å². The summed E-state index contributed by atoms with van der Waals surface area (Å²) in [7, 11) is 0. The van der Waals surface area contributed by atoms with Crippen molar-refractivity contribution >= 4 is 5.91 Å². The van der Waals surface area contributed by atoms with Gasteiger partial charge in [0.15, 0.2) is 0 Å². The first-order valence-electron chi connectivity index (χ1n) is 8.12. The van der Waals surface area contributed by atoms with E-state index in [1.54, 1.807) is 0 Å². The molecule has 132 valence electrons. The monoisotopic (exact) mass is 345 g/mol. The summed E-state index contributed by atoms with van der Waals surface area (Å²) in [5.41, 5.74) is 0. The lowest BCUT2D eigenvalue weighted by molar-refractivity contribution is -0.123. The summed E-state index contributed by atoms with van der Waals surface area (Å²) in [5, 5.41) is 2.78. The van der Waals surface area contributed by atoms with E-state index in [0.29, 0.717) is 25.7 Å². The Morgan fingerprint density at radius 1 is 1.12 bits per heavy atom. The fourth-order valence-electron chi connectivity index (χ4n) is 3.12. The summed E-state index contributed by atoms with van der Waals surface area (Å²) in [6, 6.07) is 2.98. The fraction of sp³-hybridized carbons (Fsp3) is 0.588. The highest BCUT2D eigenvalue weighted by Crippen LogP contribution is 2.50. The quantitative estimate of drug-likeness (QED) is 0.824. The Hall–Kier alpha value is -1.79. The molecule has 24 heavy (non-hydrogen) atoms. The minimum absolute atomic E-state index is 0.0611. The second kappa shape index (κ2) is 6.61. The SMILES string of the molecule is O=C(CC1CC1(F)F)NC1CCC(Oc2cc(F)cc(F)c2)CC1. The first-order chi connectivity index (χ1) is 11.3. The summed E-state index contributed by atoms with van der Waals surface area (Å²) < 4.78 is 57.4. The van der Waals surface area contributed by atoms with E-state index in [9.17, 15) is 22.4 Å². The number of nitrogens with one attached hydrogen (secondary N) is 1. The average molecular weight is 345 g/mol. The van der Waals surface area contributed by atoms with Crippen molar-refractivity contribution in [2.45, 2.75) is 56.6 Å². The van der Waals surface area contributed by atoms with Gasteiger partial charge >= 0.3 is 0 Å². The predicted molar refractivity (Wildman–Crippen MR) is 78.8 cm³/mol. The van der Waals surface area contributed by atoms with Gasteiger partial charge in [0.2, 0.25) is 5.91 Å². The molecule has 0 spiro atoms. The van der Waals surface area contributed by atoms with Crippen molar-refractivity contribution in [1.29, 1.82) is 0 Å². The first-order valence-corrected chi connectivity index (χ1v) is 8.12. The minimum atomic E-state index is -2.68. The molecule has 1 aromatic rings. The Labute approximate surface area is 137 Å². The molecule has 0 aliphatic heterocycles. The van der Waals surface area contributed by atoms with Crippen LogP contribution in [0.25, 0.3) is 0 Å². The molecule has 2 aliphatic carbocycles. The molecule has 7 heteroatoms. The molecule has 0 aromatic heterocycles. The maximum absolute atomic E-state index is 13.1. The van der Waals surface area contributed by atoms with Crippen LogP contribution < -0.4 is 10.1 Å². The van der Waals surface area contributed by atoms with E-state index in [2.05, 4.69) is 5.32 Å². The Kier molecular flexibility index (Phi) is 4.69. The van der Waals surface area contributed by atoms with Crippen LogP contribution in [-0.4, -0.2) is 24.0 Å². The third-order valence-corrected chi connectivity index (χ3v) is 4.57. The zero-order valence-electron chi connectivity index (χ0n) is 13.0. The predicted octanol–water partition coefficient (Wildman–Crippen LogP) is 3.82. The first kappa shape index (κ1) is 17.0. The molecular weight excluding hydrogens is 326 g/mol. The Balaban J connectivity index is 1.41. The molecule has 1 amide bonds. The lowest BCUT2D eigenvalue weighted by atomic mass is 9.92. The van der Waals surface area contributed by atoms with Crippen molar-refractivity contribution in [1.82, 2.24) is 5.32 Å². The number of hydrogen-bond acceptors (Lipinski definition) is 2. The van der Waals surface area contributed by atoms with Gasteiger partial charge in [-0.1, -0.05) is 0 Å². The van der Waals surface area contributed by atoms with Crippen LogP contribution in [0.5, 0.6) is 5.75 Å². The van der Waals surface area contributed by atoms with Crippen LogP contribution in [0, 0.1) is 17.6 Å². The van der Waals surface area contributed by atoms with Crippen LogP contribution >= 0.6 is 0 Å². The third-order valence-electron chi connectivity index (χ3n) is 4.57. The molecule has 2 aliphatic rings. The van der Waals surface area contributed by atoms with Crippen molar-refractivity contribution < 1.29 is 27.1 Å². The highest BCUT2D eigenvalue weighted by molar-refractivity contribution is 5.77. The lowest BCUT2D eigenvalue weighted by Gasteiger charge is -2.29. The van der Waals surface area contributed by atoms with Gasteiger partial charge < -0.3 is 10.1 Å². The topological polar surface area (TPSA) is 38.3 Å². The number of halogens is 4. The van der Waals surface area contributed by atoms with Gasteiger partial charge in [-0.15, -0.1) is 0 Å². The van der Waals surface area contributed by atoms with Crippen molar-refractivity contribution in [3.8, 4) is 5.75 Å². The van der Waals surface area contributed by atoms with Crippen LogP contribution in [0.15, 0.2) is 18.2 Å². The van der Waals surface area contributed by atoms with Crippen LogP contribution in [0.4, 0.5) is 17.6 Å². The number of ether oxygens (including phenoxy) is 1. The standard InChI is InChI=1S/C17H19F4NO2/c18-11-6-12(19)8-15(7-11)24-14-3-1-13(2-4-14)22-16(23)5-10-9-17(10,20)21/h6-8,10,13-14H,1-5,9H2,(H,22,23). The van der Waals surface area contributed by atoms with E-state index in [4.69, 9.17) is 4.74 Å². The molecular formula is C17H19F4NO2. The minimum Gasteiger partial charge on any atom is -0.490 e. The third kappa shape index (κ3) is 4.39. The van der Waals surface area contributed by atoms with Crippen molar-refractivity contribution in [2.24, 2.45) is 5.92 Å². The number of rotatable bonds is 5. The molecule has 1 aromatic carbocycles. The maximum atomic E-state index is 13.1. The molecule has 0 saturated heterocycles. The molecule has 1 unspecified atom stereocenters. The van der Waals surface area contributed by atoms with Crippen LogP contribution in [-0.2, 0) is 4.79 Å². The smallest absolute Gasteiger partial charge is 0.252 e. The summed E-state index contributed by atoms with van der Waals surface area (Å²) in [6.07, 6.45) is 2.04. The van der Waals surface area contributed by atoms with Crippen molar-refractivity contribution in [3.63, 3.8) is 0 Å². The molecule has 0 heterocycles. The molecule has 2 fully saturated rings. The van der Waals surface area contributed by atoms with Gasteiger partial charge in [0, 0.05) is 43.0 Å². The Morgan fingerprint density at radius 3 is 2.25 bits per heavy atom.